The van der Waals surface area contributed by atoms with Crippen molar-refractivity contribution in [3.05, 3.63) is 77.6 Å². The fourth-order valence-electron chi connectivity index (χ4n) is 2.91. The van der Waals surface area contributed by atoms with Gasteiger partial charge in [0.1, 0.15) is 34.5 Å². The Kier molecular flexibility index (Phi) is 6.43. The van der Waals surface area contributed by atoms with Crippen LogP contribution in [0.4, 0.5) is 4.39 Å². The van der Waals surface area contributed by atoms with E-state index in [1.165, 1.54) is 19.1 Å². The van der Waals surface area contributed by atoms with Crippen LogP contribution >= 0.6 is 23.2 Å². The van der Waals surface area contributed by atoms with Crippen molar-refractivity contribution in [1.82, 2.24) is 19.5 Å². The highest BCUT2D eigenvalue weighted by Crippen LogP contribution is 2.36. The molecule has 1 atom stereocenters. The quantitative estimate of drug-likeness (QED) is 0.611. The van der Waals surface area contributed by atoms with E-state index in [-0.39, 0.29) is 39.2 Å². The summed E-state index contributed by atoms with van der Waals surface area (Å²) in [5.41, 5.74) is -0.703. The molecule has 0 unspecified atom stereocenters. The number of H-pyrrole nitrogens is 1. The second-order valence-corrected chi connectivity index (χ2v) is 7.52. The van der Waals surface area contributed by atoms with Gasteiger partial charge in [-0.25, -0.2) is 14.4 Å². The molecule has 0 saturated carbocycles. The molecule has 1 N–H and O–H groups in total. The summed E-state index contributed by atoms with van der Waals surface area (Å²) in [5.74, 6) is -0.0961. The predicted molar refractivity (Wildman–Crippen MR) is 113 cm³/mol. The third kappa shape index (κ3) is 4.60. The summed E-state index contributed by atoms with van der Waals surface area (Å²) in [6, 6.07) is 4.49. The van der Waals surface area contributed by atoms with E-state index >= 15 is 0 Å². The maximum absolute atomic E-state index is 14.2. The van der Waals surface area contributed by atoms with Crippen molar-refractivity contribution in [2.24, 2.45) is 0 Å². The van der Waals surface area contributed by atoms with Gasteiger partial charge in [-0.2, -0.15) is 5.26 Å². The molecule has 0 aliphatic carbocycles. The molecule has 0 radical (unpaired) electrons. The summed E-state index contributed by atoms with van der Waals surface area (Å²) in [7, 11) is 0. The van der Waals surface area contributed by atoms with Gasteiger partial charge in [-0.15, -0.1) is 0 Å². The minimum atomic E-state index is -1.64. The Bertz CT molecular complexity index is 1330. The van der Waals surface area contributed by atoms with Crippen LogP contribution in [0.5, 0.6) is 11.5 Å². The van der Waals surface area contributed by atoms with Crippen molar-refractivity contribution in [1.29, 1.82) is 5.26 Å². The van der Waals surface area contributed by atoms with Gasteiger partial charge in [0.05, 0.1) is 24.0 Å². The van der Waals surface area contributed by atoms with Gasteiger partial charge in [0.25, 0.3) is 11.1 Å². The standard InChI is InChI=1S/C20H16Cl2FN5O3/c1-9(23)17-18(31-15-5-13(21)4-12(6-24)16(15)22)20(30)28(8-25-17)7-14-10(2)26-11(3)27-19(14)29/h4-5,8-9H,7H2,1-3H3,(H,26,27,29)/t9-/m1/s1. The molecule has 0 amide bonds. The lowest BCUT2D eigenvalue weighted by atomic mass is 10.2. The summed E-state index contributed by atoms with van der Waals surface area (Å²) in [6.45, 7) is 4.31. The summed E-state index contributed by atoms with van der Waals surface area (Å²) in [5, 5.41) is 9.24. The molecule has 8 nitrogen and oxygen atoms in total. The predicted octanol–water partition coefficient (Wildman–Crippen LogP) is 3.99. The first kappa shape index (κ1) is 22.5. The van der Waals surface area contributed by atoms with E-state index in [2.05, 4.69) is 15.0 Å². The molecule has 0 aliphatic heterocycles. The molecular weight excluding hydrogens is 448 g/mol. The number of benzene rings is 1. The number of aromatic amines is 1. The Morgan fingerprint density at radius 1 is 1.32 bits per heavy atom. The number of ether oxygens (including phenoxy) is 1. The molecule has 3 aromatic rings. The fraction of sp³-hybridized carbons (Fsp3) is 0.250. The van der Waals surface area contributed by atoms with E-state index in [4.69, 9.17) is 27.9 Å². The van der Waals surface area contributed by atoms with Crippen molar-refractivity contribution in [3.63, 3.8) is 0 Å². The smallest absolute Gasteiger partial charge is 0.297 e. The molecule has 160 valence electrons. The Morgan fingerprint density at radius 2 is 2.03 bits per heavy atom. The van der Waals surface area contributed by atoms with Gasteiger partial charge < -0.3 is 9.72 Å². The molecule has 0 aliphatic rings. The van der Waals surface area contributed by atoms with Crippen LogP contribution in [0.1, 0.15) is 41.4 Å². The lowest BCUT2D eigenvalue weighted by Gasteiger charge is -2.15. The Balaban J connectivity index is 2.14. The Morgan fingerprint density at radius 3 is 2.65 bits per heavy atom. The normalized spacial score (nSPS) is 11.8. The first-order valence-electron chi connectivity index (χ1n) is 8.99. The number of hydrogen-bond donors (Lipinski definition) is 1. The summed E-state index contributed by atoms with van der Waals surface area (Å²) < 4.78 is 20.9. The van der Waals surface area contributed by atoms with Crippen molar-refractivity contribution >= 4 is 23.2 Å². The van der Waals surface area contributed by atoms with E-state index in [0.717, 1.165) is 10.9 Å². The van der Waals surface area contributed by atoms with E-state index in [0.29, 0.717) is 11.5 Å². The summed E-state index contributed by atoms with van der Waals surface area (Å²) in [6.07, 6.45) is -0.517. The molecule has 2 heterocycles. The van der Waals surface area contributed by atoms with Gasteiger partial charge in [-0.1, -0.05) is 23.2 Å². The third-order valence-electron chi connectivity index (χ3n) is 4.41. The van der Waals surface area contributed by atoms with E-state index in [9.17, 15) is 19.2 Å². The molecular formula is C20H16Cl2FN5O3. The van der Waals surface area contributed by atoms with Crippen LogP contribution in [0, 0.1) is 25.2 Å². The number of nitrogens with zero attached hydrogens (tertiary/aromatic N) is 4. The summed E-state index contributed by atoms with van der Waals surface area (Å²) in [4.78, 5) is 36.2. The molecule has 0 spiro atoms. The minimum Gasteiger partial charge on any atom is -0.448 e. The van der Waals surface area contributed by atoms with Crippen LogP contribution in [-0.2, 0) is 6.54 Å². The number of nitrogens with one attached hydrogen (secondary N) is 1. The van der Waals surface area contributed by atoms with Crippen LogP contribution in [0.3, 0.4) is 0 Å². The third-order valence-corrected chi connectivity index (χ3v) is 5.01. The number of halogens is 3. The molecule has 31 heavy (non-hydrogen) atoms. The van der Waals surface area contributed by atoms with E-state index < -0.39 is 23.0 Å². The Hall–Kier alpha value is -3.22. The highest BCUT2D eigenvalue weighted by Gasteiger charge is 2.22. The zero-order chi connectivity index (χ0) is 22.9. The first-order chi connectivity index (χ1) is 14.6. The monoisotopic (exact) mass is 463 g/mol. The molecule has 0 saturated heterocycles. The van der Waals surface area contributed by atoms with Crippen molar-refractivity contribution in [3.8, 4) is 17.6 Å². The fourth-order valence-corrected chi connectivity index (χ4v) is 3.31. The lowest BCUT2D eigenvalue weighted by Crippen LogP contribution is -2.28. The topological polar surface area (TPSA) is 114 Å². The highest BCUT2D eigenvalue weighted by molar-refractivity contribution is 6.35. The van der Waals surface area contributed by atoms with Crippen molar-refractivity contribution in [2.45, 2.75) is 33.5 Å². The minimum absolute atomic E-state index is 0.0242. The summed E-state index contributed by atoms with van der Waals surface area (Å²) >= 11 is 12.1. The molecule has 1 aromatic carbocycles. The van der Waals surface area contributed by atoms with E-state index in [1.807, 2.05) is 6.07 Å². The Labute approximate surface area is 185 Å². The SMILES string of the molecule is Cc1nc(C)c(Cn2cnc([C@@H](C)F)c(Oc3cc(Cl)cc(C#N)c3Cl)c2=O)c(=O)[nH]1. The van der Waals surface area contributed by atoms with Gasteiger partial charge in [-0.05, 0) is 26.8 Å². The van der Waals surface area contributed by atoms with Crippen molar-refractivity contribution in [2.75, 3.05) is 0 Å². The molecule has 11 heteroatoms. The zero-order valence-electron chi connectivity index (χ0n) is 16.7. The maximum atomic E-state index is 14.2. The second kappa shape index (κ2) is 8.88. The van der Waals surface area contributed by atoms with Crippen molar-refractivity contribution < 1.29 is 9.13 Å². The van der Waals surface area contributed by atoms with Crippen LogP contribution in [0.15, 0.2) is 28.0 Å². The molecule has 0 fully saturated rings. The number of aryl methyl sites for hydroxylation is 2. The number of alkyl halides is 1. The van der Waals surface area contributed by atoms with Crippen LogP contribution in [-0.4, -0.2) is 19.5 Å². The zero-order valence-corrected chi connectivity index (χ0v) is 18.2. The van der Waals surface area contributed by atoms with Crippen LogP contribution in [0.2, 0.25) is 10.0 Å². The highest BCUT2D eigenvalue weighted by atomic mass is 35.5. The van der Waals surface area contributed by atoms with E-state index in [1.54, 1.807) is 13.8 Å². The van der Waals surface area contributed by atoms with Crippen LogP contribution in [0.25, 0.3) is 0 Å². The lowest BCUT2D eigenvalue weighted by molar-refractivity contribution is 0.344. The number of aromatic nitrogens is 4. The molecule has 0 bridgehead atoms. The maximum Gasteiger partial charge on any atom is 0.297 e. The van der Waals surface area contributed by atoms with Crippen LogP contribution < -0.4 is 15.9 Å². The van der Waals surface area contributed by atoms with Gasteiger partial charge >= 0.3 is 0 Å². The molecule has 3 rings (SSSR count). The molecule has 2 aromatic heterocycles. The second-order valence-electron chi connectivity index (χ2n) is 6.70. The average molecular weight is 464 g/mol. The van der Waals surface area contributed by atoms with Gasteiger partial charge in [0.2, 0.25) is 5.75 Å². The number of nitriles is 1. The van der Waals surface area contributed by atoms with Gasteiger partial charge in [0.15, 0.2) is 0 Å². The number of rotatable bonds is 5. The van der Waals surface area contributed by atoms with Gasteiger partial charge in [-0.3, -0.25) is 14.2 Å². The number of hydrogen-bond acceptors (Lipinski definition) is 6. The largest absolute Gasteiger partial charge is 0.448 e. The van der Waals surface area contributed by atoms with Gasteiger partial charge in [0, 0.05) is 16.8 Å². The first-order valence-corrected chi connectivity index (χ1v) is 9.74. The average Bonchev–Trinajstić information content (AvgIpc) is 2.69.